The van der Waals surface area contributed by atoms with Crippen LogP contribution >= 0.6 is 0 Å². The minimum Gasteiger partial charge on any atom is -0.481 e. The Labute approximate surface area is 133 Å². The molecule has 0 saturated carbocycles. The molecule has 0 fully saturated rings. The largest absolute Gasteiger partial charge is 0.481 e. The highest BCUT2D eigenvalue weighted by molar-refractivity contribution is 5.73. The molecule has 0 aliphatic rings. The van der Waals surface area contributed by atoms with Gasteiger partial charge in [0.1, 0.15) is 5.82 Å². The van der Waals surface area contributed by atoms with Crippen LogP contribution in [0.5, 0.6) is 5.88 Å². The Balaban J connectivity index is 1.82. The van der Waals surface area contributed by atoms with E-state index < -0.39 is 18.0 Å². The summed E-state index contributed by atoms with van der Waals surface area (Å²) in [6, 6.07) is 8.92. The molecule has 23 heavy (non-hydrogen) atoms. The molecule has 0 radical (unpaired) electrons. The van der Waals surface area contributed by atoms with E-state index in [0.29, 0.717) is 5.88 Å². The molecule has 0 aliphatic carbocycles. The molecule has 1 aromatic heterocycles. The van der Waals surface area contributed by atoms with Crippen molar-refractivity contribution in [3.8, 4) is 5.88 Å². The quantitative estimate of drug-likeness (QED) is 0.757. The van der Waals surface area contributed by atoms with Crippen LogP contribution < -0.4 is 15.4 Å². The van der Waals surface area contributed by atoms with E-state index in [1.807, 2.05) is 0 Å². The van der Waals surface area contributed by atoms with Gasteiger partial charge in [-0.3, -0.25) is 0 Å². The number of ether oxygens (including phenoxy) is 1. The van der Waals surface area contributed by atoms with Gasteiger partial charge in [-0.05, 0) is 12.1 Å². The van der Waals surface area contributed by atoms with Gasteiger partial charge in [-0.1, -0.05) is 24.3 Å². The third-order valence-corrected chi connectivity index (χ3v) is 3.20. The molecule has 122 valence electrons. The molecule has 1 atom stereocenters. The van der Waals surface area contributed by atoms with E-state index in [0.717, 1.165) is 5.56 Å². The average molecular weight is 319 g/mol. The molecule has 0 aliphatic heterocycles. The Bertz CT molecular complexity index is 667. The molecule has 3 N–H and O–H groups in total. The summed E-state index contributed by atoms with van der Waals surface area (Å²) in [6.45, 7) is 0.121. The molecule has 0 saturated heterocycles. The lowest BCUT2D eigenvalue weighted by molar-refractivity contribution is 0.169. The molecule has 1 heterocycles. The number of urea groups is 1. The molecule has 1 aromatic carbocycles. The van der Waals surface area contributed by atoms with Crippen molar-refractivity contribution >= 4 is 6.03 Å². The zero-order valence-electron chi connectivity index (χ0n) is 12.6. The van der Waals surface area contributed by atoms with Crippen molar-refractivity contribution in [2.75, 3.05) is 13.7 Å². The monoisotopic (exact) mass is 319 g/mol. The number of aliphatic hydroxyl groups is 1. The smallest absolute Gasteiger partial charge is 0.315 e. The Morgan fingerprint density at radius 2 is 2.09 bits per heavy atom. The Morgan fingerprint density at radius 1 is 1.30 bits per heavy atom. The van der Waals surface area contributed by atoms with Crippen LogP contribution in [0.15, 0.2) is 42.6 Å². The fourth-order valence-corrected chi connectivity index (χ4v) is 2.03. The van der Waals surface area contributed by atoms with Gasteiger partial charge in [-0.25, -0.2) is 14.2 Å². The second kappa shape index (κ2) is 8.09. The number of nitrogens with one attached hydrogen (secondary N) is 2. The first-order valence-electron chi connectivity index (χ1n) is 7.04. The lowest BCUT2D eigenvalue weighted by Gasteiger charge is -2.14. The van der Waals surface area contributed by atoms with E-state index in [-0.39, 0.29) is 18.7 Å². The number of aliphatic hydroxyl groups excluding tert-OH is 1. The first-order valence-corrected chi connectivity index (χ1v) is 7.04. The number of hydrogen-bond acceptors (Lipinski definition) is 4. The summed E-state index contributed by atoms with van der Waals surface area (Å²) in [5.41, 5.74) is 0.863. The van der Waals surface area contributed by atoms with Gasteiger partial charge < -0.3 is 20.5 Å². The van der Waals surface area contributed by atoms with E-state index in [9.17, 15) is 14.3 Å². The van der Waals surface area contributed by atoms with Gasteiger partial charge in [0, 0.05) is 30.4 Å². The van der Waals surface area contributed by atoms with E-state index >= 15 is 0 Å². The highest BCUT2D eigenvalue weighted by Crippen LogP contribution is 2.15. The Hall–Kier alpha value is -2.67. The predicted molar refractivity (Wildman–Crippen MR) is 82.4 cm³/mol. The van der Waals surface area contributed by atoms with Crippen molar-refractivity contribution in [1.82, 2.24) is 15.6 Å². The molecular formula is C16H18FN3O3. The molecule has 0 unspecified atom stereocenters. The van der Waals surface area contributed by atoms with Crippen molar-refractivity contribution in [2.45, 2.75) is 12.6 Å². The number of amides is 2. The van der Waals surface area contributed by atoms with Gasteiger partial charge in [-0.2, -0.15) is 0 Å². The molecule has 2 rings (SSSR count). The summed E-state index contributed by atoms with van der Waals surface area (Å²) in [7, 11) is 1.50. The number of methoxy groups -OCH3 is 1. The van der Waals surface area contributed by atoms with Crippen LogP contribution in [0.3, 0.4) is 0 Å². The summed E-state index contributed by atoms with van der Waals surface area (Å²) in [5.74, 6) is -0.0819. The number of carbonyl (C=O) groups excluding carboxylic acids is 1. The SMILES string of the molecule is COc1ncccc1CNC(=O)NC[C@H](O)c1ccccc1F. The topological polar surface area (TPSA) is 83.5 Å². The van der Waals surface area contributed by atoms with E-state index in [1.54, 1.807) is 24.4 Å². The summed E-state index contributed by atoms with van der Waals surface area (Å²) < 4.78 is 18.6. The van der Waals surface area contributed by atoms with E-state index in [1.165, 1.54) is 25.3 Å². The minimum atomic E-state index is -1.12. The van der Waals surface area contributed by atoms with E-state index in [2.05, 4.69) is 15.6 Å². The first kappa shape index (κ1) is 16.7. The number of hydrogen-bond donors (Lipinski definition) is 3. The maximum atomic E-state index is 13.5. The zero-order chi connectivity index (χ0) is 16.7. The number of nitrogens with zero attached hydrogens (tertiary/aromatic N) is 1. The summed E-state index contributed by atoms with van der Waals surface area (Å²) in [5, 5.41) is 15.0. The van der Waals surface area contributed by atoms with Crippen LogP contribution in [-0.2, 0) is 6.54 Å². The van der Waals surface area contributed by atoms with Crippen molar-refractivity contribution < 1.29 is 19.0 Å². The van der Waals surface area contributed by atoms with Gasteiger partial charge in [0.2, 0.25) is 5.88 Å². The fourth-order valence-electron chi connectivity index (χ4n) is 2.03. The normalized spacial score (nSPS) is 11.6. The molecule has 2 aromatic rings. The van der Waals surface area contributed by atoms with Gasteiger partial charge in [0.05, 0.1) is 13.2 Å². The lowest BCUT2D eigenvalue weighted by Crippen LogP contribution is -2.37. The summed E-state index contributed by atoms with van der Waals surface area (Å²) in [4.78, 5) is 15.8. The summed E-state index contributed by atoms with van der Waals surface area (Å²) >= 11 is 0. The number of carbonyl (C=O) groups is 1. The number of benzene rings is 1. The van der Waals surface area contributed by atoms with Crippen molar-refractivity contribution in [3.05, 3.63) is 59.5 Å². The Kier molecular flexibility index (Phi) is 5.87. The maximum absolute atomic E-state index is 13.5. The van der Waals surface area contributed by atoms with Crippen LogP contribution in [-0.4, -0.2) is 29.8 Å². The van der Waals surface area contributed by atoms with Crippen LogP contribution in [0.4, 0.5) is 9.18 Å². The number of rotatable bonds is 6. The standard InChI is InChI=1S/C16H18FN3O3/c1-23-15-11(5-4-8-18-15)9-19-16(22)20-10-14(21)12-6-2-3-7-13(12)17/h2-8,14,21H,9-10H2,1H3,(H2,19,20,22)/t14-/m0/s1. The number of pyridine rings is 1. The predicted octanol–water partition coefficient (Wildman–Crippen LogP) is 1.76. The first-order chi connectivity index (χ1) is 11.1. The number of aromatic nitrogens is 1. The highest BCUT2D eigenvalue weighted by atomic mass is 19.1. The third kappa shape index (κ3) is 4.65. The molecule has 0 bridgehead atoms. The van der Waals surface area contributed by atoms with Gasteiger partial charge in [0.15, 0.2) is 0 Å². The van der Waals surface area contributed by atoms with Crippen LogP contribution in [0.25, 0.3) is 0 Å². The lowest BCUT2D eigenvalue weighted by atomic mass is 10.1. The van der Waals surface area contributed by atoms with Crippen LogP contribution in [0.1, 0.15) is 17.2 Å². The van der Waals surface area contributed by atoms with Gasteiger partial charge in [-0.15, -0.1) is 0 Å². The van der Waals surface area contributed by atoms with Crippen molar-refractivity contribution in [2.24, 2.45) is 0 Å². The zero-order valence-corrected chi connectivity index (χ0v) is 12.6. The fraction of sp³-hybridized carbons (Fsp3) is 0.250. The third-order valence-electron chi connectivity index (χ3n) is 3.20. The molecule has 0 spiro atoms. The average Bonchev–Trinajstić information content (AvgIpc) is 2.58. The van der Waals surface area contributed by atoms with Gasteiger partial charge >= 0.3 is 6.03 Å². The second-order valence-corrected chi connectivity index (χ2v) is 4.77. The second-order valence-electron chi connectivity index (χ2n) is 4.77. The maximum Gasteiger partial charge on any atom is 0.315 e. The summed E-state index contributed by atoms with van der Waals surface area (Å²) in [6.07, 6.45) is 0.475. The van der Waals surface area contributed by atoms with E-state index in [4.69, 9.17) is 4.74 Å². The Morgan fingerprint density at radius 3 is 2.83 bits per heavy atom. The molecule has 2 amide bonds. The number of halogens is 1. The molecule has 6 nitrogen and oxygen atoms in total. The molecule has 7 heteroatoms. The van der Waals surface area contributed by atoms with Crippen molar-refractivity contribution in [1.29, 1.82) is 0 Å². The van der Waals surface area contributed by atoms with Gasteiger partial charge in [0.25, 0.3) is 0 Å². The van der Waals surface area contributed by atoms with Crippen LogP contribution in [0.2, 0.25) is 0 Å². The minimum absolute atomic E-state index is 0.100. The van der Waals surface area contributed by atoms with Crippen LogP contribution in [0, 0.1) is 5.82 Å². The molecular weight excluding hydrogens is 301 g/mol. The van der Waals surface area contributed by atoms with Crippen molar-refractivity contribution in [3.63, 3.8) is 0 Å². The highest BCUT2D eigenvalue weighted by Gasteiger charge is 2.13.